The van der Waals surface area contributed by atoms with Crippen molar-refractivity contribution in [3.8, 4) is 5.75 Å². The van der Waals surface area contributed by atoms with Gasteiger partial charge in [-0.3, -0.25) is 14.9 Å². The molecule has 6 heteroatoms. The normalized spacial score (nSPS) is 16.0. The third kappa shape index (κ3) is 3.15. The number of rotatable bonds is 5. The van der Waals surface area contributed by atoms with Crippen molar-refractivity contribution < 1.29 is 19.2 Å². The van der Waals surface area contributed by atoms with Crippen molar-refractivity contribution in [3.05, 3.63) is 33.4 Å². The van der Waals surface area contributed by atoms with Gasteiger partial charge in [0.1, 0.15) is 11.4 Å². The summed E-state index contributed by atoms with van der Waals surface area (Å²) in [5, 5.41) is 10.9. The van der Waals surface area contributed by atoms with Crippen molar-refractivity contribution in [2.24, 2.45) is 0 Å². The van der Waals surface area contributed by atoms with E-state index in [1.165, 1.54) is 13.2 Å². The second-order valence-corrected chi connectivity index (χ2v) is 5.55. The summed E-state index contributed by atoms with van der Waals surface area (Å²) in [6.07, 6.45) is 2.79. The lowest BCUT2D eigenvalue weighted by Crippen LogP contribution is -2.45. The predicted octanol–water partition coefficient (Wildman–Crippen LogP) is 3.08. The molecule has 1 aliphatic carbocycles. The first-order valence-electron chi connectivity index (χ1n) is 6.88. The summed E-state index contributed by atoms with van der Waals surface area (Å²) < 4.78 is 10.7. The SMILES string of the molecule is COC(=O)CC1(Oc2cc(C)c([N+](=O)[O-])cc2C)CCC1. The van der Waals surface area contributed by atoms with Gasteiger partial charge in [-0.15, -0.1) is 0 Å². The van der Waals surface area contributed by atoms with Crippen LogP contribution in [0, 0.1) is 24.0 Å². The first kappa shape index (κ1) is 15.3. The molecule has 1 saturated carbocycles. The van der Waals surface area contributed by atoms with Gasteiger partial charge in [-0.1, -0.05) is 0 Å². The first-order chi connectivity index (χ1) is 9.87. The van der Waals surface area contributed by atoms with Gasteiger partial charge < -0.3 is 9.47 Å². The summed E-state index contributed by atoms with van der Waals surface area (Å²) in [7, 11) is 1.36. The number of ether oxygens (including phenoxy) is 2. The summed E-state index contributed by atoms with van der Waals surface area (Å²) in [6.45, 7) is 3.45. The standard InChI is InChI=1S/C15H19NO5/c1-10-8-13(11(2)7-12(10)16(18)19)21-15(5-4-6-15)9-14(17)20-3/h7-8H,4-6,9H2,1-3H3. The molecular formula is C15H19NO5. The highest BCUT2D eigenvalue weighted by molar-refractivity contribution is 5.70. The van der Waals surface area contributed by atoms with Crippen molar-refractivity contribution in [1.82, 2.24) is 0 Å². The molecular weight excluding hydrogens is 274 g/mol. The van der Waals surface area contributed by atoms with Gasteiger partial charge in [0.05, 0.1) is 18.5 Å². The van der Waals surface area contributed by atoms with Crippen LogP contribution in [0.5, 0.6) is 5.75 Å². The Morgan fingerprint density at radius 2 is 2.00 bits per heavy atom. The number of aryl methyl sites for hydroxylation is 2. The summed E-state index contributed by atoms with van der Waals surface area (Å²) in [6, 6.07) is 3.18. The molecule has 1 aromatic carbocycles. The Morgan fingerprint density at radius 1 is 1.33 bits per heavy atom. The average Bonchev–Trinajstić information content (AvgIpc) is 2.39. The molecule has 2 rings (SSSR count). The number of methoxy groups -OCH3 is 1. The zero-order chi connectivity index (χ0) is 15.6. The molecule has 0 aliphatic heterocycles. The van der Waals surface area contributed by atoms with Gasteiger partial charge in [-0.05, 0) is 44.7 Å². The van der Waals surface area contributed by atoms with E-state index in [2.05, 4.69) is 0 Å². The number of nitro benzene ring substituents is 1. The summed E-state index contributed by atoms with van der Waals surface area (Å²) in [4.78, 5) is 22.0. The van der Waals surface area contributed by atoms with Crippen molar-refractivity contribution in [1.29, 1.82) is 0 Å². The van der Waals surface area contributed by atoms with E-state index >= 15 is 0 Å². The van der Waals surface area contributed by atoms with Gasteiger partial charge in [0.2, 0.25) is 0 Å². The van der Waals surface area contributed by atoms with E-state index in [1.807, 2.05) is 0 Å². The van der Waals surface area contributed by atoms with Gasteiger partial charge in [0.25, 0.3) is 5.69 Å². The van der Waals surface area contributed by atoms with Crippen LogP contribution in [0.2, 0.25) is 0 Å². The zero-order valence-electron chi connectivity index (χ0n) is 12.5. The molecule has 0 spiro atoms. The number of hydrogen-bond donors (Lipinski definition) is 0. The van der Waals surface area contributed by atoms with Crippen LogP contribution in [0.15, 0.2) is 12.1 Å². The minimum atomic E-state index is -0.527. The summed E-state index contributed by atoms with van der Waals surface area (Å²) >= 11 is 0. The second kappa shape index (κ2) is 5.71. The molecule has 0 radical (unpaired) electrons. The van der Waals surface area contributed by atoms with Crippen molar-refractivity contribution in [2.75, 3.05) is 7.11 Å². The quantitative estimate of drug-likeness (QED) is 0.473. The highest BCUT2D eigenvalue weighted by Crippen LogP contribution is 2.41. The third-order valence-electron chi connectivity index (χ3n) is 3.98. The molecule has 1 aliphatic rings. The van der Waals surface area contributed by atoms with E-state index in [1.54, 1.807) is 19.9 Å². The molecule has 0 heterocycles. The topological polar surface area (TPSA) is 78.7 Å². The molecule has 6 nitrogen and oxygen atoms in total. The van der Waals surface area contributed by atoms with Gasteiger partial charge in [0, 0.05) is 11.6 Å². The third-order valence-corrected chi connectivity index (χ3v) is 3.98. The maximum atomic E-state index is 11.5. The number of hydrogen-bond acceptors (Lipinski definition) is 5. The number of carbonyl (C=O) groups excluding carboxylic acids is 1. The Labute approximate surface area is 123 Å². The summed E-state index contributed by atoms with van der Waals surface area (Å²) in [5.74, 6) is 0.299. The Hall–Kier alpha value is -2.11. The lowest BCUT2D eigenvalue weighted by molar-refractivity contribution is -0.385. The van der Waals surface area contributed by atoms with E-state index in [4.69, 9.17) is 9.47 Å². The molecule has 0 amide bonds. The van der Waals surface area contributed by atoms with Gasteiger partial charge in [-0.2, -0.15) is 0 Å². The van der Waals surface area contributed by atoms with Crippen LogP contribution >= 0.6 is 0 Å². The van der Waals surface area contributed by atoms with Crippen LogP contribution in [0.1, 0.15) is 36.8 Å². The minimum Gasteiger partial charge on any atom is -0.486 e. The Morgan fingerprint density at radius 3 is 2.48 bits per heavy atom. The van der Waals surface area contributed by atoms with Crippen LogP contribution < -0.4 is 4.74 Å². The Kier molecular flexibility index (Phi) is 4.16. The average molecular weight is 293 g/mol. The molecule has 0 unspecified atom stereocenters. The highest BCUT2D eigenvalue weighted by Gasteiger charge is 2.42. The lowest BCUT2D eigenvalue weighted by atomic mass is 9.77. The molecule has 0 N–H and O–H groups in total. The molecule has 21 heavy (non-hydrogen) atoms. The zero-order valence-corrected chi connectivity index (χ0v) is 12.5. The molecule has 0 bridgehead atoms. The van der Waals surface area contributed by atoms with E-state index in [0.29, 0.717) is 16.9 Å². The molecule has 0 aromatic heterocycles. The lowest BCUT2D eigenvalue weighted by Gasteiger charge is -2.41. The van der Waals surface area contributed by atoms with Gasteiger partial charge >= 0.3 is 5.97 Å². The van der Waals surface area contributed by atoms with Gasteiger partial charge in [-0.25, -0.2) is 0 Å². The van der Waals surface area contributed by atoms with Crippen molar-refractivity contribution >= 4 is 11.7 Å². The molecule has 1 fully saturated rings. The fraction of sp³-hybridized carbons (Fsp3) is 0.533. The van der Waals surface area contributed by atoms with Crippen molar-refractivity contribution in [3.63, 3.8) is 0 Å². The van der Waals surface area contributed by atoms with E-state index < -0.39 is 10.5 Å². The molecule has 1 aromatic rings. The smallest absolute Gasteiger partial charge is 0.309 e. The number of nitrogens with zero attached hydrogens (tertiary/aromatic N) is 1. The largest absolute Gasteiger partial charge is 0.486 e. The van der Waals surface area contributed by atoms with Crippen LogP contribution in [-0.2, 0) is 9.53 Å². The number of nitro groups is 1. The van der Waals surface area contributed by atoms with E-state index in [9.17, 15) is 14.9 Å². The van der Waals surface area contributed by atoms with Crippen LogP contribution in [-0.4, -0.2) is 23.6 Å². The Balaban J connectivity index is 2.24. The van der Waals surface area contributed by atoms with Crippen molar-refractivity contribution in [2.45, 2.75) is 45.1 Å². The molecule has 0 saturated heterocycles. The monoisotopic (exact) mass is 293 g/mol. The maximum Gasteiger partial charge on any atom is 0.309 e. The molecule has 114 valence electrons. The predicted molar refractivity (Wildman–Crippen MR) is 76.4 cm³/mol. The number of benzene rings is 1. The maximum absolute atomic E-state index is 11.5. The van der Waals surface area contributed by atoms with E-state index in [0.717, 1.165) is 19.3 Å². The fourth-order valence-electron chi connectivity index (χ4n) is 2.54. The van der Waals surface area contributed by atoms with Crippen LogP contribution in [0.4, 0.5) is 5.69 Å². The second-order valence-electron chi connectivity index (χ2n) is 5.55. The Bertz CT molecular complexity index is 578. The minimum absolute atomic E-state index is 0.0791. The highest BCUT2D eigenvalue weighted by atomic mass is 16.6. The number of esters is 1. The molecule has 0 atom stereocenters. The van der Waals surface area contributed by atoms with Crippen LogP contribution in [0.25, 0.3) is 0 Å². The number of carbonyl (C=O) groups is 1. The van der Waals surface area contributed by atoms with Gasteiger partial charge in [0.15, 0.2) is 0 Å². The van der Waals surface area contributed by atoms with Crippen LogP contribution in [0.3, 0.4) is 0 Å². The summed E-state index contributed by atoms with van der Waals surface area (Å²) in [5.41, 5.74) is 0.799. The first-order valence-corrected chi connectivity index (χ1v) is 6.88. The van der Waals surface area contributed by atoms with E-state index in [-0.39, 0.29) is 18.1 Å². The fourth-order valence-corrected chi connectivity index (χ4v) is 2.54.